The number of hydrogen-bond donors (Lipinski definition) is 1. The summed E-state index contributed by atoms with van der Waals surface area (Å²) in [7, 11) is 1.92. The first-order valence-corrected chi connectivity index (χ1v) is 8.32. The zero-order chi connectivity index (χ0) is 17.1. The molecule has 0 radical (unpaired) electrons. The molecule has 0 aliphatic heterocycles. The van der Waals surface area contributed by atoms with E-state index in [1.165, 1.54) is 0 Å². The summed E-state index contributed by atoms with van der Waals surface area (Å²) in [6.45, 7) is 0.541. The summed E-state index contributed by atoms with van der Waals surface area (Å²) in [6, 6.07) is 11.5. The van der Waals surface area contributed by atoms with Gasteiger partial charge in [0.1, 0.15) is 5.52 Å². The Balaban J connectivity index is 2.03. The highest BCUT2D eigenvalue weighted by molar-refractivity contribution is 6.36. The minimum atomic E-state index is 0.541. The average molecular weight is 363 g/mol. The largest absolute Gasteiger partial charge is 0.274 e. The Hall–Kier alpha value is -2.11. The molecule has 0 fully saturated rings. The average Bonchev–Trinajstić information content (AvgIpc) is 2.87. The van der Waals surface area contributed by atoms with Gasteiger partial charge in [0, 0.05) is 51.1 Å². The van der Waals surface area contributed by atoms with Crippen molar-refractivity contribution < 1.29 is 0 Å². The highest BCUT2D eigenvalue weighted by Crippen LogP contribution is 2.35. The zero-order valence-electron chi connectivity index (χ0n) is 13.1. The van der Waals surface area contributed by atoms with E-state index in [0.29, 0.717) is 16.6 Å². The van der Waals surface area contributed by atoms with Crippen LogP contribution >= 0.6 is 23.2 Å². The van der Waals surface area contributed by atoms with Crippen molar-refractivity contribution in [2.24, 2.45) is 12.3 Å². The van der Waals surface area contributed by atoms with E-state index in [2.05, 4.69) is 21.9 Å². The van der Waals surface area contributed by atoms with Crippen LogP contribution in [0.2, 0.25) is 10.0 Å². The Morgan fingerprint density at radius 3 is 2.79 bits per heavy atom. The van der Waals surface area contributed by atoms with Crippen molar-refractivity contribution in [3.05, 3.63) is 57.0 Å². The molecule has 0 saturated heterocycles. The molecule has 5 nitrogen and oxygen atoms in total. The molecule has 3 rings (SSSR count). The topological polar surface area (TPSA) is 59.3 Å². The Morgan fingerprint density at radius 2 is 2.04 bits per heavy atom. The van der Waals surface area contributed by atoms with E-state index < -0.39 is 0 Å². The van der Waals surface area contributed by atoms with Crippen molar-refractivity contribution in [1.82, 2.24) is 15.2 Å². The van der Waals surface area contributed by atoms with E-state index in [-0.39, 0.29) is 0 Å². The Labute approximate surface area is 149 Å². The number of nitrogens with zero attached hydrogens (tertiary/aromatic N) is 3. The molecule has 3 aromatic rings. The number of aromatic nitrogens is 2. The van der Waals surface area contributed by atoms with E-state index in [0.717, 1.165) is 40.6 Å². The van der Waals surface area contributed by atoms with Crippen LogP contribution in [0.25, 0.3) is 22.0 Å². The van der Waals surface area contributed by atoms with E-state index in [4.69, 9.17) is 23.2 Å². The third-order valence-corrected chi connectivity index (χ3v) is 4.52. The van der Waals surface area contributed by atoms with Gasteiger partial charge < -0.3 is 0 Å². The number of fused-ring (bicyclic) bond motifs is 1. The monoisotopic (exact) mass is 362 g/mol. The third kappa shape index (κ3) is 3.23. The lowest BCUT2D eigenvalue weighted by Crippen LogP contribution is -2.08. The molecule has 0 unspecified atom stereocenters. The number of hydrogen-bond acceptors (Lipinski definition) is 3. The van der Waals surface area contributed by atoms with Crippen molar-refractivity contribution >= 4 is 34.1 Å². The van der Waals surface area contributed by atoms with E-state index in [9.17, 15) is 4.91 Å². The SMILES string of the molecule is Cn1nc2c(-c3ccc(Cl)cc3Cl)cccc2c1CCCNN=O. The summed E-state index contributed by atoms with van der Waals surface area (Å²) >= 11 is 12.4. The highest BCUT2D eigenvalue weighted by Gasteiger charge is 2.14. The van der Waals surface area contributed by atoms with Gasteiger partial charge in [-0.3, -0.25) is 10.1 Å². The molecule has 0 bridgehead atoms. The Kier molecular flexibility index (Phi) is 5.02. The fraction of sp³-hybridized carbons (Fsp3) is 0.235. The fourth-order valence-corrected chi connectivity index (χ4v) is 3.38. The normalized spacial score (nSPS) is 11.0. The van der Waals surface area contributed by atoms with Gasteiger partial charge in [0.25, 0.3) is 0 Å². The van der Waals surface area contributed by atoms with Crippen molar-refractivity contribution in [3.8, 4) is 11.1 Å². The Bertz CT molecular complexity index is 892. The summed E-state index contributed by atoms with van der Waals surface area (Å²) < 4.78 is 1.88. The molecule has 0 amide bonds. The lowest BCUT2D eigenvalue weighted by atomic mass is 10.0. The molecule has 0 saturated carbocycles. The van der Waals surface area contributed by atoms with Gasteiger partial charge in [0.2, 0.25) is 0 Å². The maximum Gasteiger partial charge on any atom is 0.100 e. The van der Waals surface area contributed by atoms with Gasteiger partial charge in [-0.1, -0.05) is 47.5 Å². The van der Waals surface area contributed by atoms with Gasteiger partial charge in [-0.05, 0) is 25.0 Å². The van der Waals surface area contributed by atoms with Crippen LogP contribution in [0, 0.1) is 4.91 Å². The second kappa shape index (κ2) is 7.20. The number of halogens is 2. The molecular weight excluding hydrogens is 347 g/mol. The van der Waals surface area contributed by atoms with Gasteiger partial charge in [-0.15, -0.1) is 4.91 Å². The third-order valence-electron chi connectivity index (χ3n) is 3.98. The summed E-state index contributed by atoms with van der Waals surface area (Å²) in [6.07, 6.45) is 1.60. The van der Waals surface area contributed by atoms with Crippen LogP contribution in [0.15, 0.2) is 41.7 Å². The van der Waals surface area contributed by atoms with Crippen molar-refractivity contribution in [1.29, 1.82) is 0 Å². The molecule has 24 heavy (non-hydrogen) atoms. The minimum absolute atomic E-state index is 0.541. The van der Waals surface area contributed by atoms with Crippen LogP contribution in [-0.2, 0) is 13.5 Å². The number of nitrogens with one attached hydrogen (secondary N) is 1. The highest BCUT2D eigenvalue weighted by atomic mass is 35.5. The number of benzene rings is 2. The molecular formula is C17H16Cl2N4O. The number of aryl methyl sites for hydroxylation is 2. The van der Waals surface area contributed by atoms with Crippen LogP contribution in [0.1, 0.15) is 12.1 Å². The molecule has 1 aromatic heterocycles. The second-order valence-corrected chi connectivity index (χ2v) is 6.34. The maximum atomic E-state index is 10.1. The predicted molar refractivity (Wildman–Crippen MR) is 98.3 cm³/mol. The first kappa shape index (κ1) is 16.7. The standard InChI is InChI=1S/C17H16Cl2N4O/c1-23-16(6-3-9-20-22-24)14-5-2-4-13(17(14)21-23)12-8-7-11(18)10-15(12)19/h2,4-5,7-8,10H,3,6,9H2,1H3,(H,20,24). The molecule has 1 N–H and O–H groups in total. The summed E-state index contributed by atoms with van der Waals surface area (Å²) in [4.78, 5) is 10.1. The van der Waals surface area contributed by atoms with Crippen molar-refractivity contribution in [2.75, 3.05) is 6.54 Å². The molecule has 0 spiro atoms. The second-order valence-electron chi connectivity index (χ2n) is 5.50. The molecule has 0 atom stereocenters. The van der Waals surface area contributed by atoms with Crippen LogP contribution in [0.4, 0.5) is 0 Å². The van der Waals surface area contributed by atoms with Crippen LogP contribution in [-0.4, -0.2) is 16.3 Å². The number of rotatable bonds is 6. The fourth-order valence-electron chi connectivity index (χ4n) is 2.87. The van der Waals surface area contributed by atoms with Gasteiger partial charge >= 0.3 is 0 Å². The molecule has 124 valence electrons. The first-order valence-electron chi connectivity index (χ1n) is 7.57. The van der Waals surface area contributed by atoms with Crippen LogP contribution in [0.5, 0.6) is 0 Å². The lowest BCUT2D eigenvalue weighted by molar-refractivity contribution is 0.642. The van der Waals surface area contributed by atoms with Gasteiger partial charge in [0.15, 0.2) is 0 Å². The van der Waals surface area contributed by atoms with Crippen LogP contribution in [0.3, 0.4) is 0 Å². The molecule has 0 aliphatic rings. The van der Waals surface area contributed by atoms with Crippen LogP contribution < -0.4 is 5.43 Å². The van der Waals surface area contributed by atoms with E-state index in [1.807, 2.05) is 36.0 Å². The maximum absolute atomic E-state index is 10.1. The smallest absolute Gasteiger partial charge is 0.100 e. The van der Waals surface area contributed by atoms with Crippen molar-refractivity contribution in [2.45, 2.75) is 12.8 Å². The van der Waals surface area contributed by atoms with Gasteiger partial charge in [-0.2, -0.15) is 5.10 Å². The quantitative estimate of drug-likeness (QED) is 0.391. The predicted octanol–water partition coefficient (Wildman–Crippen LogP) is 4.75. The van der Waals surface area contributed by atoms with Gasteiger partial charge in [0.05, 0.1) is 0 Å². The van der Waals surface area contributed by atoms with Gasteiger partial charge in [-0.25, -0.2) is 0 Å². The minimum Gasteiger partial charge on any atom is -0.274 e. The van der Waals surface area contributed by atoms with Crippen molar-refractivity contribution in [3.63, 3.8) is 0 Å². The first-order chi connectivity index (χ1) is 11.6. The molecule has 2 aromatic carbocycles. The number of nitroso groups, excluding NO2 is 1. The molecule has 1 heterocycles. The van der Waals surface area contributed by atoms with E-state index >= 15 is 0 Å². The molecule has 7 heteroatoms. The summed E-state index contributed by atoms with van der Waals surface area (Å²) in [5, 5.41) is 9.62. The molecule has 0 aliphatic carbocycles. The zero-order valence-corrected chi connectivity index (χ0v) is 14.6. The summed E-state index contributed by atoms with van der Waals surface area (Å²) in [5.41, 5.74) is 6.34. The van der Waals surface area contributed by atoms with E-state index in [1.54, 1.807) is 6.07 Å². The summed E-state index contributed by atoms with van der Waals surface area (Å²) in [5.74, 6) is 0. The Morgan fingerprint density at radius 1 is 1.21 bits per heavy atom. The lowest BCUT2D eigenvalue weighted by Gasteiger charge is -2.06.